The van der Waals surface area contributed by atoms with Crippen LogP contribution in [0.5, 0.6) is 0 Å². The van der Waals surface area contributed by atoms with Crippen LogP contribution in [0, 0.1) is 0 Å². The Labute approximate surface area is 151 Å². The van der Waals surface area contributed by atoms with E-state index in [1.54, 1.807) is 0 Å². The maximum absolute atomic E-state index is 3.55. The molecule has 3 aliphatic carbocycles. The second-order valence-electron chi connectivity index (χ2n) is 8.71. The van der Waals surface area contributed by atoms with Crippen LogP contribution in [-0.2, 0) is 0 Å². The van der Waals surface area contributed by atoms with Crippen LogP contribution in [0.1, 0.15) is 96.3 Å². The minimum atomic E-state index is 0.637. The zero-order valence-electron chi connectivity index (χ0n) is 15.5. The van der Waals surface area contributed by atoms with Crippen LogP contribution < -0.4 is 5.14 Å². The number of nitrogens with one attached hydrogen (secondary N) is 1. The lowest BCUT2D eigenvalue weighted by molar-refractivity contribution is 0.273. The number of nitrogens with zero attached hydrogens (tertiary/aromatic N) is 2. The van der Waals surface area contributed by atoms with E-state index in [9.17, 15) is 0 Å². The van der Waals surface area contributed by atoms with E-state index in [0.717, 1.165) is 17.9 Å². The van der Waals surface area contributed by atoms with Crippen molar-refractivity contribution in [1.82, 2.24) is 14.6 Å². The monoisotopic (exact) mass is 325 g/mol. The van der Waals surface area contributed by atoms with E-state index in [1.807, 2.05) is 0 Å². The summed E-state index contributed by atoms with van der Waals surface area (Å²) >= 11 is 0. The van der Waals surface area contributed by atoms with Gasteiger partial charge in [0.15, 0.2) is 0 Å². The lowest BCUT2D eigenvalue weighted by atomic mass is 9.46. The number of hydrogen-bond acceptors (Lipinski definition) is 3. The lowest BCUT2D eigenvalue weighted by Gasteiger charge is -2.52. The van der Waals surface area contributed by atoms with Crippen LogP contribution >= 0.6 is 0 Å². The molecule has 1 N–H and O–H groups in total. The third-order valence-electron chi connectivity index (χ3n) is 7.12. The molecule has 0 unspecified atom stereocenters. The van der Waals surface area contributed by atoms with Crippen molar-refractivity contribution in [1.29, 1.82) is 0 Å². The average Bonchev–Trinajstić information content (AvgIpc) is 2.69. The average molecular weight is 325 g/mol. The molecule has 0 bridgehead atoms. The van der Waals surface area contributed by atoms with Gasteiger partial charge >= 0.3 is 0 Å². The molecular weight excluding hydrogens is 291 g/mol. The molecule has 0 spiro atoms. The van der Waals surface area contributed by atoms with Gasteiger partial charge in [0, 0.05) is 0 Å². The van der Waals surface area contributed by atoms with E-state index in [0.29, 0.717) is 6.98 Å². The van der Waals surface area contributed by atoms with E-state index in [-0.39, 0.29) is 0 Å². The zero-order valence-corrected chi connectivity index (χ0v) is 15.5. The van der Waals surface area contributed by atoms with Gasteiger partial charge in [-0.1, -0.05) is 70.6 Å². The van der Waals surface area contributed by atoms with Gasteiger partial charge in [0.05, 0.1) is 0 Å². The summed E-state index contributed by atoms with van der Waals surface area (Å²) in [6, 6.07) is 1.55. The minimum Gasteiger partial charge on any atom is -0.379 e. The highest BCUT2D eigenvalue weighted by Gasteiger charge is 2.45. The topological polar surface area (TPSA) is 18.5 Å². The molecule has 0 amide bonds. The predicted molar refractivity (Wildman–Crippen MR) is 105 cm³/mol. The van der Waals surface area contributed by atoms with Crippen LogP contribution in [0.4, 0.5) is 0 Å². The summed E-state index contributed by atoms with van der Waals surface area (Å²) in [7, 11) is 4.68. The summed E-state index contributed by atoms with van der Waals surface area (Å²) in [6.07, 6.45) is 21.5. The fourth-order valence-corrected chi connectivity index (χ4v) is 5.83. The Hall–Kier alpha value is 0.0748. The Bertz CT molecular complexity index is 354. The molecule has 0 aromatic rings. The summed E-state index contributed by atoms with van der Waals surface area (Å²) in [5, 5.41) is 3.55. The van der Waals surface area contributed by atoms with E-state index in [1.165, 1.54) is 96.3 Å². The molecule has 0 aromatic carbocycles. The van der Waals surface area contributed by atoms with E-state index < -0.39 is 0 Å². The number of hydrogen-bond donors (Lipinski definition) is 1. The standard InChI is InChI=1S/C18H34B3N3/c1-4-10-16(11-5-1)21-23(17-12-6-2-7-13-17)19-22-20-24(21)18-14-8-3-9-15-18/h16-18,22H,1-15H2. The Kier molecular flexibility index (Phi) is 6.30. The van der Waals surface area contributed by atoms with Crippen LogP contribution in [0.15, 0.2) is 0 Å². The van der Waals surface area contributed by atoms with Crippen LogP contribution in [-0.4, -0.2) is 43.6 Å². The molecule has 4 fully saturated rings. The summed E-state index contributed by atoms with van der Waals surface area (Å²) in [4.78, 5) is 0. The number of rotatable bonds is 3. The van der Waals surface area contributed by atoms with Crippen molar-refractivity contribution < 1.29 is 0 Å². The highest BCUT2D eigenvalue weighted by molar-refractivity contribution is 6.75. The molecule has 1 heterocycles. The quantitative estimate of drug-likeness (QED) is 0.798. The van der Waals surface area contributed by atoms with E-state index in [2.05, 4.69) is 29.7 Å². The van der Waals surface area contributed by atoms with Gasteiger partial charge in [0.25, 0.3) is 22.1 Å². The van der Waals surface area contributed by atoms with Gasteiger partial charge in [0.2, 0.25) is 0 Å². The Morgan fingerprint density at radius 3 is 1.46 bits per heavy atom. The highest BCUT2D eigenvalue weighted by Crippen LogP contribution is 2.38. The molecule has 2 radical (unpaired) electrons. The second kappa shape index (κ2) is 8.64. The maximum atomic E-state index is 3.55. The summed E-state index contributed by atoms with van der Waals surface area (Å²) < 4.78 is 5.56. The van der Waals surface area contributed by atoms with Crippen molar-refractivity contribution >= 4 is 22.1 Å². The Balaban J connectivity index is 1.53. The second-order valence-corrected chi connectivity index (χ2v) is 8.71. The molecule has 6 heteroatoms. The first-order chi connectivity index (χ1) is 11.9. The van der Waals surface area contributed by atoms with Crippen LogP contribution in [0.25, 0.3) is 0 Å². The van der Waals surface area contributed by atoms with Gasteiger partial charge in [-0.3, -0.25) is 0 Å². The molecule has 130 valence electrons. The molecule has 1 aliphatic heterocycles. The van der Waals surface area contributed by atoms with E-state index in [4.69, 9.17) is 0 Å². The Morgan fingerprint density at radius 1 is 0.583 bits per heavy atom. The molecule has 0 atom stereocenters. The predicted octanol–water partition coefficient (Wildman–Crippen LogP) is 3.75. The van der Waals surface area contributed by atoms with Crippen molar-refractivity contribution in [3.8, 4) is 0 Å². The van der Waals surface area contributed by atoms with Crippen molar-refractivity contribution in [2.24, 2.45) is 0 Å². The molecular formula is C18H34B3N3. The fraction of sp³-hybridized carbons (Fsp3) is 1.00. The third-order valence-corrected chi connectivity index (χ3v) is 7.12. The normalized spacial score (nSPS) is 30.1. The first-order valence-electron chi connectivity index (χ1n) is 10.9. The molecule has 1 saturated heterocycles. The fourth-order valence-electron chi connectivity index (χ4n) is 5.83. The largest absolute Gasteiger partial charge is 0.379 e. The summed E-state index contributed by atoms with van der Waals surface area (Å²) in [5.41, 5.74) is 0. The van der Waals surface area contributed by atoms with Gasteiger partial charge in [-0.2, -0.15) is 0 Å². The van der Waals surface area contributed by atoms with Crippen molar-refractivity contribution in [3.63, 3.8) is 0 Å². The first kappa shape index (κ1) is 17.5. The van der Waals surface area contributed by atoms with Crippen molar-refractivity contribution in [2.45, 2.75) is 114 Å². The summed E-state index contributed by atoms with van der Waals surface area (Å²) in [5.74, 6) is 0.872. The molecule has 3 nitrogen and oxygen atoms in total. The van der Waals surface area contributed by atoms with Gasteiger partial charge < -0.3 is 14.6 Å². The molecule has 24 heavy (non-hydrogen) atoms. The molecule has 4 rings (SSSR count). The van der Waals surface area contributed by atoms with Gasteiger partial charge in [-0.05, 0) is 43.6 Å². The van der Waals surface area contributed by atoms with Gasteiger partial charge in [0.1, 0.15) is 0 Å². The smallest absolute Gasteiger partial charge is 0.293 e. The first-order valence-corrected chi connectivity index (χ1v) is 10.9. The van der Waals surface area contributed by atoms with Crippen LogP contribution in [0.3, 0.4) is 0 Å². The lowest BCUT2D eigenvalue weighted by Crippen LogP contribution is -2.72. The van der Waals surface area contributed by atoms with Crippen molar-refractivity contribution in [3.05, 3.63) is 0 Å². The minimum absolute atomic E-state index is 0.637. The highest BCUT2D eigenvalue weighted by atomic mass is 15.3. The molecule has 3 saturated carbocycles. The zero-order chi connectivity index (χ0) is 16.2. The Morgan fingerprint density at radius 2 is 1.00 bits per heavy atom. The van der Waals surface area contributed by atoms with E-state index >= 15 is 0 Å². The van der Waals surface area contributed by atoms with Gasteiger partial charge in [-0.25, -0.2) is 0 Å². The van der Waals surface area contributed by atoms with Crippen molar-refractivity contribution in [2.75, 3.05) is 0 Å². The SMILES string of the molecule is [B]1N[B]N(C2CCCCC2)B(C2CCCCC2)N1C1CCCCC1. The summed E-state index contributed by atoms with van der Waals surface area (Å²) in [6.45, 7) is 0.637. The molecule has 4 aliphatic rings. The third kappa shape index (κ3) is 3.91. The molecule has 0 aromatic heterocycles. The van der Waals surface area contributed by atoms with Crippen LogP contribution in [0.2, 0.25) is 5.82 Å². The van der Waals surface area contributed by atoms with Gasteiger partial charge in [-0.15, -0.1) is 0 Å². The maximum Gasteiger partial charge on any atom is 0.293 e.